The van der Waals surface area contributed by atoms with E-state index in [9.17, 15) is 17.6 Å². The minimum Gasteiger partial charge on any atom is -0.299 e. The van der Waals surface area contributed by atoms with Crippen LogP contribution in [0.2, 0.25) is 0 Å². The number of carbonyl (C=O) groups is 1. The number of benzene rings is 2. The maximum Gasteiger partial charge on any atom is 0.243 e. The highest BCUT2D eigenvalue weighted by molar-refractivity contribution is 7.89. The molecular weight excluding hydrogens is 453 g/mol. The fourth-order valence-electron chi connectivity index (χ4n) is 3.44. The number of rotatable bonds is 6. The summed E-state index contributed by atoms with van der Waals surface area (Å²) in [6.45, 7) is 3.46. The van der Waals surface area contributed by atoms with Gasteiger partial charge in [0.25, 0.3) is 0 Å². The summed E-state index contributed by atoms with van der Waals surface area (Å²) in [5.41, 5.74) is 2.05. The Kier molecular flexibility index (Phi) is 6.60. The van der Waals surface area contributed by atoms with Crippen molar-refractivity contribution < 1.29 is 17.6 Å². The van der Waals surface area contributed by atoms with Crippen molar-refractivity contribution in [3.05, 3.63) is 59.9 Å². The highest BCUT2D eigenvalue weighted by Gasteiger charge is 2.29. The summed E-state index contributed by atoms with van der Waals surface area (Å²) in [5, 5.41) is 12.1. The van der Waals surface area contributed by atoms with Crippen molar-refractivity contribution in [1.82, 2.24) is 19.4 Å². The third-order valence-electron chi connectivity index (χ3n) is 5.20. The van der Waals surface area contributed by atoms with Crippen LogP contribution in [-0.4, -0.2) is 66.5 Å². The van der Waals surface area contributed by atoms with E-state index in [4.69, 9.17) is 0 Å². The molecule has 0 bridgehead atoms. The Balaban J connectivity index is 1.30. The molecule has 0 aliphatic carbocycles. The van der Waals surface area contributed by atoms with Crippen molar-refractivity contribution in [2.45, 2.75) is 11.8 Å². The van der Waals surface area contributed by atoms with Gasteiger partial charge in [-0.05, 0) is 36.8 Å². The number of sulfonamides is 1. The van der Waals surface area contributed by atoms with Gasteiger partial charge in [0.2, 0.25) is 21.1 Å². The number of halogens is 1. The van der Waals surface area contributed by atoms with Crippen LogP contribution in [0.15, 0.2) is 53.4 Å². The van der Waals surface area contributed by atoms with Gasteiger partial charge in [0, 0.05) is 31.7 Å². The van der Waals surface area contributed by atoms with Gasteiger partial charge in [-0.25, -0.2) is 12.8 Å². The number of nitrogens with one attached hydrogen (secondary N) is 1. The van der Waals surface area contributed by atoms with Crippen LogP contribution in [0.3, 0.4) is 0 Å². The molecule has 1 aromatic heterocycles. The van der Waals surface area contributed by atoms with Crippen molar-refractivity contribution >= 4 is 32.4 Å². The smallest absolute Gasteiger partial charge is 0.243 e. The largest absolute Gasteiger partial charge is 0.299 e. The van der Waals surface area contributed by atoms with E-state index in [1.54, 1.807) is 0 Å². The fourth-order valence-corrected chi connectivity index (χ4v) is 5.71. The van der Waals surface area contributed by atoms with Gasteiger partial charge in [-0.3, -0.25) is 15.0 Å². The molecule has 4 rings (SSSR count). The summed E-state index contributed by atoms with van der Waals surface area (Å²) in [4.78, 5) is 14.4. The van der Waals surface area contributed by atoms with Crippen LogP contribution in [-0.2, 0) is 14.8 Å². The fraction of sp³-hybridized carbons (Fsp3) is 0.286. The Labute approximate surface area is 189 Å². The maximum absolute atomic E-state index is 13.1. The molecule has 0 saturated carbocycles. The van der Waals surface area contributed by atoms with Gasteiger partial charge in [0.15, 0.2) is 0 Å². The highest BCUT2D eigenvalue weighted by atomic mass is 32.2. The van der Waals surface area contributed by atoms with E-state index in [2.05, 4.69) is 15.5 Å². The van der Waals surface area contributed by atoms with Crippen molar-refractivity contribution in [3.8, 4) is 10.6 Å². The highest BCUT2D eigenvalue weighted by Crippen LogP contribution is 2.28. The van der Waals surface area contributed by atoms with Gasteiger partial charge in [-0.1, -0.05) is 35.6 Å². The molecule has 2 heterocycles. The number of aromatic nitrogens is 2. The molecule has 32 heavy (non-hydrogen) atoms. The van der Waals surface area contributed by atoms with Crippen molar-refractivity contribution in [3.63, 3.8) is 0 Å². The zero-order valence-electron chi connectivity index (χ0n) is 17.4. The van der Waals surface area contributed by atoms with Crippen LogP contribution in [0.1, 0.15) is 5.56 Å². The standard InChI is InChI=1S/C21H22FN5O3S2/c1-15-4-2-3-5-18(15)20-24-25-21(31-20)23-19(28)14-26-10-12-27(13-11-26)32(29,30)17-8-6-16(22)7-9-17/h2-9H,10-14H2,1H3,(H,23,25,28). The number of aryl methyl sites for hydroxylation is 1. The number of nitrogens with zero attached hydrogens (tertiary/aromatic N) is 4. The lowest BCUT2D eigenvalue weighted by molar-refractivity contribution is -0.117. The van der Waals surface area contributed by atoms with E-state index >= 15 is 0 Å². The monoisotopic (exact) mass is 475 g/mol. The van der Waals surface area contributed by atoms with Gasteiger partial charge in [0.05, 0.1) is 11.4 Å². The average molecular weight is 476 g/mol. The van der Waals surface area contributed by atoms with E-state index in [0.717, 1.165) is 28.3 Å². The molecule has 0 spiro atoms. The molecule has 0 radical (unpaired) electrons. The van der Waals surface area contributed by atoms with Crippen LogP contribution in [0.25, 0.3) is 10.6 Å². The third kappa shape index (κ3) is 5.01. The summed E-state index contributed by atoms with van der Waals surface area (Å²) in [6, 6.07) is 12.6. The average Bonchev–Trinajstić information content (AvgIpc) is 3.22. The lowest BCUT2D eigenvalue weighted by Gasteiger charge is -2.33. The van der Waals surface area contributed by atoms with E-state index in [0.29, 0.717) is 18.2 Å². The molecule has 1 aliphatic heterocycles. The number of anilines is 1. The summed E-state index contributed by atoms with van der Waals surface area (Å²) in [7, 11) is -3.68. The molecule has 1 N–H and O–H groups in total. The van der Waals surface area contributed by atoms with Gasteiger partial charge in [-0.2, -0.15) is 4.31 Å². The third-order valence-corrected chi connectivity index (χ3v) is 7.98. The second-order valence-electron chi connectivity index (χ2n) is 7.41. The number of amides is 1. The molecule has 8 nitrogen and oxygen atoms in total. The van der Waals surface area contributed by atoms with Crippen molar-refractivity contribution in [1.29, 1.82) is 0 Å². The van der Waals surface area contributed by atoms with Crippen LogP contribution in [0.4, 0.5) is 9.52 Å². The molecule has 3 aromatic rings. The minimum absolute atomic E-state index is 0.0609. The van der Waals surface area contributed by atoms with Crippen LogP contribution in [0, 0.1) is 12.7 Å². The summed E-state index contributed by atoms with van der Waals surface area (Å²) >= 11 is 1.31. The molecule has 2 aromatic carbocycles. The SMILES string of the molecule is Cc1ccccc1-c1nnc(NC(=O)CN2CCN(S(=O)(=O)c3ccc(F)cc3)CC2)s1. The lowest BCUT2D eigenvalue weighted by atomic mass is 10.1. The predicted molar refractivity (Wildman–Crippen MR) is 120 cm³/mol. The zero-order chi connectivity index (χ0) is 22.7. The van der Waals surface area contributed by atoms with Gasteiger partial charge in [-0.15, -0.1) is 10.2 Å². The molecule has 168 valence electrons. The summed E-state index contributed by atoms with van der Waals surface area (Å²) in [6.07, 6.45) is 0. The van der Waals surface area contributed by atoms with Crippen LogP contribution >= 0.6 is 11.3 Å². The summed E-state index contributed by atoms with van der Waals surface area (Å²) < 4.78 is 39.9. The number of hydrogen-bond donors (Lipinski definition) is 1. The molecule has 1 fully saturated rings. The minimum atomic E-state index is -3.68. The number of hydrogen-bond acceptors (Lipinski definition) is 7. The summed E-state index contributed by atoms with van der Waals surface area (Å²) in [5.74, 6) is -0.714. The molecule has 1 aliphatic rings. The first kappa shape index (κ1) is 22.5. The Morgan fingerprint density at radius 2 is 1.75 bits per heavy atom. The molecule has 0 unspecified atom stereocenters. The number of carbonyl (C=O) groups excluding carboxylic acids is 1. The van der Waals surface area contributed by atoms with Gasteiger partial charge >= 0.3 is 0 Å². The second kappa shape index (κ2) is 9.41. The Morgan fingerprint density at radius 3 is 2.44 bits per heavy atom. The Morgan fingerprint density at radius 1 is 1.06 bits per heavy atom. The first-order chi connectivity index (χ1) is 15.3. The topological polar surface area (TPSA) is 95.5 Å². The normalized spacial score (nSPS) is 15.6. The van der Waals surface area contributed by atoms with E-state index in [-0.39, 0.29) is 30.4 Å². The molecule has 1 amide bonds. The second-order valence-corrected chi connectivity index (χ2v) is 10.3. The zero-order valence-corrected chi connectivity index (χ0v) is 19.0. The van der Waals surface area contributed by atoms with Crippen LogP contribution < -0.4 is 5.32 Å². The Bertz CT molecular complexity index is 1210. The van der Waals surface area contributed by atoms with E-state index in [1.807, 2.05) is 36.1 Å². The Hall–Kier alpha value is -2.73. The lowest BCUT2D eigenvalue weighted by Crippen LogP contribution is -2.50. The van der Waals surface area contributed by atoms with Crippen LogP contribution in [0.5, 0.6) is 0 Å². The molecular formula is C21H22FN5O3S2. The molecule has 0 atom stereocenters. The molecule has 11 heteroatoms. The molecule has 1 saturated heterocycles. The quantitative estimate of drug-likeness (QED) is 0.589. The first-order valence-corrected chi connectivity index (χ1v) is 12.3. The predicted octanol–water partition coefficient (Wildman–Crippen LogP) is 2.60. The van der Waals surface area contributed by atoms with Crippen molar-refractivity contribution in [2.24, 2.45) is 0 Å². The van der Waals surface area contributed by atoms with Gasteiger partial charge < -0.3 is 0 Å². The van der Waals surface area contributed by atoms with E-state index in [1.165, 1.54) is 27.8 Å². The van der Waals surface area contributed by atoms with E-state index < -0.39 is 15.8 Å². The van der Waals surface area contributed by atoms with Gasteiger partial charge in [0.1, 0.15) is 10.8 Å². The first-order valence-electron chi connectivity index (χ1n) is 10.0. The van der Waals surface area contributed by atoms with Crippen molar-refractivity contribution in [2.75, 3.05) is 38.0 Å². The number of piperazine rings is 1. The maximum atomic E-state index is 13.1.